The van der Waals surface area contributed by atoms with Crippen molar-refractivity contribution in [1.82, 2.24) is 14.8 Å². The Morgan fingerprint density at radius 1 is 1.06 bits per heavy atom. The summed E-state index contributed by atoms with van der Waals surface area (Å²) in [6.45, 7) is 7.75. The molecule has 6 nitrogen and oxygen atoms in total. The van der Waals surface area contributed by atoms with Crippen molar-refractivity contribution in [2.45, 2.75) is 26.3 Å². The predicted octanol–water partition coefficient (Wildman–Crippen LogP) is 4.86. The Morgan fingerprint density at radius 2 is 1.85 bits per heavy atom. The van der Waals surface area contributed by atoms with Gasteiger partial charge < -0.3 is 14.2 Å². The van der Waals surface area contributed by atoms with Crippen molar-refractivity contribution in [2.75, 3.05) is 44.2 Å². The van der Waals surface area contributed by atoms with Gasteiger partial charge in [0, 0.05) is 55.5 Å². The van der Waals surface area contributed by atoms with Crippen LogP contribution in [0.1, 0.15) is 24.3 Å². The number of likely N-dealkylation sites (tertiary alicyclic amines) is 1. The lowest BCUT2D eigenvalue weighted by Gasteiger charge is -2.39. The standard InChI is InChI=1S/C27H31ClN4O2/c1-20-25(29-26(34-20)21-7-5-9-23(28)17-21)19-30-12-6-8-22(18-30)27(33)32-15-13-31(14-16-32)24-10-3-2-4-11-24/h2-5,7,9-11,17,22H,6,8,12-16,18-19H2,1H3. The topological polar surface area (TPSA) is 52.8 Å². The third-order valence-electron chi connectivity index (χ3n) is 6.91. The third-order valence-corrected chi connectivity index (χ3v) is 7.14. The van der Waals surface area contributed by atoms with Crippen LogP contribution in [0.4, 0.5) is 5.69 Å². The minimum atomic E-state index is 0.0524. The zero-order valence-electron chi connectivity index (χ0n) is 19.6. The van der Waals surface area contributed by atoms with E-state index >= 15 is 0 Å². The molecule has 2 aliphatic heterocycles. The van der Waals surface area contributed by atoms with Crippen LogP contribution in [0.25, 0.3) is 11.5 Å². The Kier molecular flexibility index (Phi) is 6.88. The molecule has 0 N–H and O–H groups in total. The summed E-state index contributed by atoms with van der Waals surface area (Å²) in [5, 5.41) is 0.664. The maximum Gasteiger partial charge on any atom is 0.227 e. The highest BCUT2D eigenvalue weighted by atomic mass is 35.5. The number of nitrogens with zero attached hydrogens (tertiary/aromatic N) is 4. The molecule has 5 rings (SSSR count). The van der Waals surface area contributed by atoms with Crippen LogP contribution in [-0.2, 0) is 11.3 Å². The third kappa shape index (κ3) is 5.13. The number of para-hydroxylation sites is 1. The Hall–Kier alpha value is -2.83. The first-order valence-corrected chi connectivity index (χ1v) is 12.5. The molecular weight excluding hydrogens is 448 g/mol. The molecule has 178 valence electrons. The van der Waals surface area contributed by atoms with Crippen molar-refractivity contribution < 1.29 is 9.21 Å². The molecule has 2 fully saturated rings. The van der Waals surface area contributed by atoms with Gasteiger partial charge in [-0.1, -0.05) is 35.9 Å². The van der Waals surface area contributed by atoms with Crippen LogP contribution in [0.15, 0.2) is 59.0 Å². The van der Waals surface area contributed by atoms with E-state index in [0.717, 1.165) is 69.1 Å². The Morgan fingerprint density at radius 3 is 2.62 bits per heavy atom. The quantitative estimate of drug-likeness (QED) is 0.524. The molecule has 1 amide bonds. The molecule has 2 aliphatic rings. The van der Waals surface area contributed by atoms with Gasteiger partial charge in [-0.05, 0) is 56.6 Å². The molecule has 2 aromatic carbocycles. The number of hydrogen-bond acceptors (Lipinski definition) is 5. The summed E-state index contributed by atoms with van der Waals surface area (Å²) in [6.07, 6.45) is 1.98. The monoisotopic (exact) mass is 478 g/mol. The lowest BCUT2D eigenvalue weighted by Crippen LogP contribution is -2.52. The van der Waals surface area contributed by atoms with Crippen LogP contribution in [0.2, 0.25) is 5.02 Å². The van der Waals surface area contributed by atoms with Crippen molar-refractivity contribution in [2.24, 2.45) is 5.92 Å². The summed E-state index contributed by atoms with van der Waals surface area (Å²) in [6, 6.07) is 18.0. The normalized spacial score (nSPS) is 19.4. The summed E-state index contributed by atoms with van der Waals surface area (Å²) < 4.78 is 5.94. The summed E-state index contributed by atoms with van der Waals surface area (Å²) in [5.41, 5.74) is 3.04. The van der Waals surface area contributed by atoms with E-state index in [1.165, 1.54) is 5.69 Å². The van der Waals surface area contributed by atoms with Gasteiger partial charge in [-0.2, -0.15) is 0 Å². The Bertz CT molecular complexity index is 1120. The fourth-order valence-corrected chi connectivity index (χ4v) is 5.20. The number of aromatic nitrogens is 1. The van der Waals surface area contributed by atoms with Crippen LogP contribution in [-0.4, -0.2) is 60.0 Å². The molecule has 0 aliphatic carbocycles. The maximum atomic E-state index is 13.3. The molecule has 3 heterocycles. The number of rotatable bonds is 5. The molecule has 1 aromatic heterocycles. The van der Waals surface area contributed by atoms with Crippen LogP contribution in [0.3, 0.4) is 0 Å². The molecule has 0 saturated carbocycles. The summed E-state index contributed by atoms with van der Waals surface area (Å²) >= 11 is 6.13. The second-order valence-electron chi connectivity index (χ2n) is 9.25. The van der Waals surface area contributed by atoms with Crippen LogP contribution >= 0.6 is 11.6 Å². The number of amides is 1. The summed E-state index contributed by atoms with van der Waals surface area (Å²) in [5.74, 6) is 1.77. The van der Waals surface area contributed by atoms with Gasteiger partial charge >= 0.3 is 0 Å². The average Bonchev–Trinajstić information content (AvgIpc) is 3.24. The van der Waals surface area contributed by atoms with Gasteiger partial charge in [0.2, 0.25) is 11.8 Å². The predicted molar refractivity (Wildman–Crippen MR) is 135 cm³/mol. The zero-order chi connectivity index (χ0) is 23.5. The van der Waals surface area contributed by atoms with E-state index in [0.29, 0.717) is 23.4 Å². The van der Waals surface area contributed by atoms with Crippen molar-refractivity contribution in [3.8, 4) is 11.5 Å². The molecule has 0 bridgehead atoms. The number of piperidine rings is 1. The molecule has 0 spiro atoms. The van der Waals surface area contributed by atoms with E-state index in [2.05, 4.69) is 39.0 Å². The Balaban J connectivity index is 1.18. The minimum absolute atomic E-state index is 0.0524. The van der Waals surface area contributed by atoms with Gasteiger partial charge in [0.25, 0.3) is 0 Å². The highest BCUT2D eigenvalue weighted by Gasteiger charge is 2.31. The van der Waals surface area contributed by atoms with E-state index < -0.39 is 0 Å². The van der Waals surface area contributed by atoms with E-state index in [-0.39, 0.29) is 5.92 Å². The number of oxazole rings is 1. The number of piperazine rings is 1. The van der Waals surface area contributed by atoms with Gasteiger partial charge in [-0.15, -0.1) is 0 Å². The number of anilines is 1. The van der Waals surface area contributed by atoms with Gasteiger partial charge in [-0.25, -0.2) is 4.98 Å². The number of hydrogen-bond donors (Lipinski definition) is 0. The lowest BCUT2D eigenvalue weighted by atomic mass is 9.96. The van der Waals surface area contributed by atoms with Crippen LogP contribution in [0.5, 0.6) is 0 Å². The number of aryl methyl sites for hydroxylation is 1. The van der Waals surface area contributed by atoms with Crippen LogP contribution < -0.4 is 4.90 Å². The molecular formula is C27H31ClN4O2. The van der Waals surface area contributed by atoms with Crippen molar-refractivity contribution >= 4 is 23.2 Å². The molecule has 7 heteroatoms. The van der Waals surface area contributed by atoms with Crippen molar-refractivity contribution in [3.63, 3.8) is 0 Å². The van der Waals surface area contributed by atoms with E-state index in [9.17, 15) is 4.79 Å². The van der Waals surface area contributed by atoms with Gasteiger partial charge in [0.05, 0.1) is 11.6 Å². The second-order valence-corrected chi connectivity index (χ2v) is 9.69. The maximum absolute atomic E-state index is 13.3. The Labute approximate surface area is 206 Å². The first kappa shape index (κ1) is 22.9. The highest BCUT2D eigenvalue weighted by Crippen LogP contribution is 2.27. The molecule has 1 unspecified atom stereocenters. The largest absolute Gasteiger partial charge is 0.441 e. The van der Waals surface area contributed by atoms with E-state index in [4.69, 9.17) is 21.0 Å². The number of benzene rings is 2. The smallest absolute Gasteiger partial charge is 0.227 e. The van der Waals surface area contributed by atoms with E-state index in [1.54, 1.807) is 0 Å². The molecule has 1 atom stereocenters. The summed E-state index contributed by atoms with van der Waals surface area (Å²) in [7, 11) is 0. The fourth-order valence-electron chi connectivity index (χ4n) is 5.01. The second kappa shape index (κ2) is 10.2. The molecule has 0 radical (unpaired) electrons. The van der Waals surface area contributed by atoms with Crippen LogP contribution in [0, 0.1) is 12.8 Å². The fraction of sp³-hybridized carbons (Fsp3) is 0.407. The SMILES string of the molecule is Cc1oc(-c2cccc(Cl)c2)nc1CN1CCCC(C(=O)N2CCN(c3ccccc3)CC2)C1. The van der Waals surface area contributed by atoms with Crippen molar-refractivity contribution in [1.29, 1.82) is 0 Å². The lowest BCUT2D eigenvalue weighted by molar-refractivity contribution is -0.137. The highest BCUT2D eigenvalue weighted by molar-refractivity contribution is 6.30. The number of halogens is 1. The molecule has 3 aromatic rings. The first-order chi connectivity index (χ1) is 16.6. The van der Waals surface area contributed by atoms with Gasteiger partial charge in [-0.3, -0.25) is 9.69 Å². The minimum Gasteiger partial charge on any atom is -0.441 e. The van der Waals surface area contributed by atoms with Gasteiger partial charge in [0.15, 0.2) is 0 Å². The van der Waals surface area contributed by atoms with Gasteiger partial charge in [0.1, 0.15) is 5.76 Å². The number of carbonyl (C=O) groups excluding carboxylic acids is 1. The molecule has 34 heavy (non-hydrogen) atoms. The van der Waals surface area contributed by atoms with E-state index in [1.807, 2.05) is 37.3 Å². The average molecular weight is 479 g/mol. The molecule has 2 saturated heterocycles. The first-order valence-electron chi connectivity index (χ1n) is 12.1. The summed E-state index contributed by atoms with van der Waals surface area (Å²) in [4.78, 5) is 24.8. The van der Waals surface area contributed by atoms with Crippen molar-refractivity contribution in [3.05, 3.63) is 71.1 Å². The zero-order valence-corrected chi connectivity index (χ0v) is 20.4. The number of carbonyl (C=O) groups is 1.